The third kappa shape index (κ3) is 22.8. The number of alkyl carbamates (subject to hydrolysis) is 1. The number of anilines is 1. The van der Waals surface area contributed by atoms with Gasteiger partial charge in [-0.25, -0.2) is 9.59 Å². The van der Waals surface area contributed by atoms with Crippen molar-refractivity contribution in [1.82, 2.24) is 21.3 Å². The number of carbonyl (C=O) groups excluding carboxylic acids is 6. The SMILES string of the molecule is CC(C)(C)OC(=O)CCCCCCCNC(=O)Nc1ccc(CNC(=O)c2ccc(C(=O)NCc3ccc(CC(=O)CCCCCCCNC(=O)OC(C)(C)C)cc3)cc2)cc1. The summed E-state index contributed by atoms with van der Waals surface area (Å²) in [5.74, 6) is -0.503. The van der Waals surface area contributed by atoms with Crippen LogP contribution in [-0.2, 0) is 38.6 Å². The van der Waals surface area contributed by atoms with Crippen molar-refractivity contribution >= 4 is 41.4 Å². The van der Waals surface area contributed by atoms with Crippen molar-refractivity contribution in [1.29, 1.82) is 0 Å². The lowest BCUT2D eigenvalue weighted by atomic mass is 10.0. The van der Waals surface area contributed by atoms with E-state index < -0.39 is 17.3 Å². The lowest BCUT2D eigenvalue weighted by Gasteiger charge is -2.19. The predicted molar refractivity (Wildman–Crippen MR) is 243 cm³/mol. The molecule has 62 heavy (non-hydrogen) atoms. The fourth-order valence-corrected chi connectivity index (χ4v) is 6.32. The lowest BCUT2D eigenvalue weighted by Crippen LogP contribution is -2.32. The first-order valence-electron chi connectivity index (χ1n) is 22.0. The van der Waals surface area contributed by atoms with Gasteiger partial charge in [0.05, 0.1) is 0 Å². The standard InChI is InChI=1S/C49H69N5O8/c1-48(2,3)61-43(56)18-14-10-8-11-15-31-50-46(59)54-41-29-23-38(24-30-41)35-53-45(58)40-27-25-39(26-28-40)44(57)52-34-37-21-19-36(20-22-37)33-42(55)17-13-9-7-12-16-32-51-47(60)62-49(4,5)6/h19-30H,7-18,31-35H2,1-6H3,(H,51,60)(H,52,57)(H,53,58)(H2,50,54,59). The van der Waals surface area contributed by atoms with Gasteiger partial charge in [0.15, 0.2) is 0 Å². The Morgan fingerprint density at radius 1 is 0.468 bits per heavy atom. The van der Waals surface area contributed by atoms with Crippen molar-refractivity contribution in [2.24, 2.45) is 0 Å². The topological polar surface area (TPSA) is 181 Å². The fraction of sp³-hybridized carbons (Fsp3) is 0.510. The van der Waals surface area contributed by atoms with Crippen LogP contribution in [0.25, 0.3) is 0 Å². The second kappa shape index (κ2) is 26.6. The van der Waals surface area contributed by atoms with Crippen LogP contribution in [0.5, 0.6) is 0 Å². The molecule has 13 heteroatoms. The Bertz CT molecular complexity index is 1730. The Balaban J connectivity index is 1.25. The smallest absolute Gasteiger partial charge is 0.407 e. The van der Waals surface area contributed by atoms with Crippen LogP contribution in [0.4, 0.5) is 15.3 Å². The van der Waals surface area contributed by atoms with Gasteiger partial charge >= 0.3 is 18.1 Å². The van der Waals surface area contributed by atoms with E-state index >= 15 is 0 Å². The number of nitrogens with one attached hydrogen (secondary N) is 5. The summed E-state index contributed by atoms with van der Waals surface area (Å²) in [4.78, 5) is 73.9. The monoisotopic (exact) mass is 856 g/mol. The Morgan fingerprint density at radius 3 is 1.42 bits per heavy atom. The zero-order chi connectivity index (χ0) is 45.4. The summed E-state index contributed by atoms with van der Waals surface area (Å²) in [5, 5.41) is 14.2. The van der Waals surface area contributed by atoms with Crippen LogP contribution >= 0.6 is 0 Å². The van der Waals surface area contributed by atoms with Crippen LogP contribution in [0.3, 0.4) is 0 Å². The van der Waals surface area contributed by atoms with Crippen LogP contribution in [0, 0.1) is 0 Å². The summed E-state index contributed by atoms with van der Waals surface area (Å²) < 4.78 is 10.5. The van der Waals surface area contributed by atoms with E-state index in [2.05, 4.69) is 26.6 Å². The second-order valence-corrected chi connectivity index (χ2v) is 17.6. The molecule has 3 aromatic rings. The van der Waals surface area contributed by atoms with E-state index in [4.69, 9.17) is 9.47 Å². The first kappa shape index (κ1) is 50.6. The molecule has 13 nitrogen and oxygen atoms in total. The van der Waals surface area contributed by atoms with Crippen molar-refractivity contribution in [2.45, 2.75) is 149 Å². The molecule has 3 aromatic carbocycles. The van der Waals surface area contributed by atoms with Gasteiger partial charge in [0.1, 0.15) is 17.0 Å². The highest BCUT2D eigenvalue weighted by Gasteiger charge is 2.17. The molecule has 0 unspecified atom stereocenters. The van der Waals surface area contributed by atoms with E-state index in [1.165, 1.54) is 0 Å². The molecule has 5 N–H and O–H groups in total. The van der Waals surface area contributed by atoms with Gasteiger partial charge in [-0.2, -0.15) is 0 Å². The summed E-state index contributed by atoms with van der Waals surface area (Å²) in [7, 11) is 0. The summed E-state index contributed by atoms with van der Waals surface area (Å²) in [6.45, 7) is 12.8. The number of amides is 5. The van der Waals surface area contributed by atoms with Crippen molar-refractivity contribution in [3.05, 3.63) is 101 Å². The van der Waals surface area contributed by atoms with E-state index in [0.29, 0.717) is 55.7 Å². The fourth-order valence-electron chi connectivity index (χ4n) is 6.32. The molecule has 0 aliphatic carbocycles. The number of ether oxygens (including phenoxy) is 2. The van der Waals surface area contributed by atoms with Crippen molar-refractivity contribution in [3.63, 3.8) is 0 Å². The van der Waals surface area contributed by atoms with Gasteiger partial charge in [-0.1, -0.05) is 74.9 Å². The van der Waals surface area contributed by atoms with Crippen molar-refractivity contribution in [2.75, 3.05) is 18.4 Å². The average Bonchev–Trinajstić information content (AvgIpc) is 3.20. The molecule has 0 aromatic heterocycles. The van der Waals surface area contributed by atoms with Gasteiger partial charge < -0.3 is 36.1 Å². The zero-order valence-electron chi connectivity index (χ0n) is 37.7. The first-order valence-corrected chi connectivity index (χ1v) is 22.0. The predicted octanol–water partition coefficient (Wildman–Crippen LogP) is 9.33. The molecule has 3 rings (SSSR count). The maximum Gasteiger partial charge on any atom is 0.407 e. The largest absolute Gasteiger partial charge is 0.460 e. The minimum atomic E-state index is -0.503. The summed E-state index contributed by atoms with van der Waals surface area (Å²) >= 11 is 0. The van der Waals surface area contributed by atoms with E-state index in [9.17, 15) is 28.8 Å². The Labute approximate surface area is 368 Å². The molecule has 0 fully saturated rings. The molecule has 0 saturated heterocycles. The molecule has 0 saturated carbocycles. The summed E-state index contributed by atoms with van der Waals surface area (Å²) in [5.41, 5.74) is 3.24. The van der Waals surface area contributed by atoms with E-state index in [-0.39, 0.29) is 36.1 Å². The molecule has 0 aliphatic rings. The number of rotatable bonds is 25. The Hall–Kier alpha value is -5.72. The van der Waals surface area contributed by atoms with Gasteiger partial charge in [-0.15, -0.1) is 0 Å². The second-order valence-electron chi connectivity index (χ2n) is 17.6. The first-order chi connectivity index (χ1) is 29.5. The van der Waals surface area contributed by atoms with Gasteiger partial charge in [-0.05, 0) is 120 Å². The Kier molecular flexibility index (Phi) is 21.7. The van der Waals surface area contributed by atoms with Gasteiger partial charge in [0.2, 0.25) is 0 Å². The number of hydrogen-bond acceptors (Lipinski definition) is 8. The minimum Gasteiger partial charge on any atom is -0.460 e. The number of carbonyl (C=O) groups is 6. The maximum absolute atomic E-state index is 12.8. The number of benzene rings is 3. The number of ketones is 1. The summed E-state index contributed by atoms with van der Waals surface area (Å²) in [6.07, 6.45) is 10.2. The molecule has 0 atom stereocenters. The molecule has 338 valence electrons. The minimum absolute atomic E-state index is 0.163. The third-order valence-electron chi connectivity index (χ3n) is 9.52. The van der Waals surface area contributed by atoms with Crippen LogP contribution < -0.4 is 26.6 Å². The quantitative estimate of drug-likeness (QED) is 0.0413. The number of urea groups is 1. The number of esters is 1. The van der Waals surface area contributed by atoms with Crippen LogP contribution in [0.1, 0.15) is 156 Å². The van der Waals surface area contributed by atoms with Crippen LogP contribution in [-0.4, -0.2) is 60.0 Å². The number of unbranched alkanes of at least 4 members (excludes halogenated alkanes) is 8. The van der Waals surface area contributed by atoms with E-state index in [0.717, 1.165) is 80.9 Å². The van der Waals surface area contributed by atoms with Gasteiger partial charge in [0.25, 0.3) is 11.8 Å². The van der Waals surface area contributed by atoms with Gasteiger partial charge in [-0.3, -0.25) is 19.2 Å². The normalized spacial score (nSPS) is 11.3. The van der Waals surface area contributed by atoms with Crippen LogP contribution in [0.15, 0.2) is 72.8 Å². The van der Waals surface area contributed by atoms with E-state index in [1.54, 1.807) is 36.4 Å². The average molecular weight is 856 g/mol. The number of Topliss-reactive ketones (excluding diaryl/α,β-unsaturated/α-hetero) is 1. The van der Waals surface area contributed by atoms with Crippen molar-refractivity contribution < 1.29 is 38.2 Å². The maximum atomic E-state index is 12.8. The lowest BCUT2D eigenvalue weighted by molar-refractivity contribution is -0.154. The highest BCUT2D eigenvalue weighted by Crippen LogP contribution is 2.14. The molecule has 0 spiro atoms. The third-order valence-corrected chi connectivity index (χ3v) is 9.52. The van der Waals surface area contributed by atoms with Gasteiger partial charge in [0, 0.05) is 62.3 Å². The van der Waals surface area contributed by atoms with Crippen LogP contribution in [0.2, 0.25) is 0 Å². The molecule has 5 amide bonds. The molecule has 0 heterocycles. The zero-order valence-corrected chi connectivity index (χ0v) is 37.7. The molecular formula is C49H69N5O8. The number of hydrogen-bond donors (Lipinski definition) is 5. The molecule has 0 bridgehead atoms. The molecular weight excluding hydrogens is 787 g/mol. The summed E-state index contributed by atoms with van der Waals surface area (Å²) in [6, 6.07) is 21.0. The van der Waals surface area contributed by atoms with E-state index in [1.807, 2.05) is 77.9 Å². The highest BCUT2D eigenvalue weighted by molar-refractivity contribution is 5.97. The van der Waals surface area contributed by atoms with Crippen molar-refractivity contribution in [3.8, 4) is 0 Å². The molecule has 0 aliphatic heterocycles. The highest BCUT2D eigenvalue weighted by atomic mass is 16.6. The molecule has 0 radical (unpaired) electrons. The Morgan fingerprint density at radius 2 is 0.903 bits per heavy atom.